The lowest BCUT2D eigenvalue weighted by molar-refractivity contribution is 0.563. The molecule has 0 saturated heterocycles. The lowest BCUT2D eigenvalue weighted by atomic mass is 9.92. The monoisotopic (exact) mass is 536 g/mol. The molecule has 40 heavy (non-hydrogen) atoms. The lowest BCUT2D eigenvalue weighted by Crippen LogP contribution is -2.04. The van der Waals surface area contributed by atoms with Gasteiger partial charge in [0.15, 0.2) is 0 Å². The minimum absolute atomic E-state index is 1.10. The van der Waals surface area contributed by atoms with Crippen molar-refractivity contribution in [3.05, 3.63) is 70.0 Å². The van der Waals surface area contributed by atoms with E-state index in [1.54, 1.807) is 0 Å². The van der Waals surface area contributed by atoms with E-state index in [9.17, 15) is 0 Å². The zero-order chi connectivity index (χ0) is 27.6. The smallest absolute Gasteiger partial charge is 0.0737 e. The third kappa shape index (κ3) is 7.83. The molecule has 4 bridgehead atoms. The minimum Gasteiger partial charge on any atom is -0.252 e. The molecule has 2 nitrogen and oxygen atoms in total. The van der Waals surface area contributed by atoms with Crippen LogP contribution in [0.1, 0.15) is 136 Å². The maximum Gasteiger partial charge on any atom is 0.0737 e. The number of aryl methyl sites for hydroxylation is 6. The fourth-order valence-electron chi connectivity index (χ4n) is 6.95. The van der Waals surface area contributed by atoms with Gasteiger partial charge in [-0.2, -0.15) is 0 Å². The number of rotatable bonds is 2. The SMILES string of the molecule is Cc1cc2c(-c3cccc(-c4nc5c(C)cc4CCCCCCCCCC5)c3)nc1CCCCCCCCCC2. The number of fused-ring (bicyclic) bond motifs is 22. The quantitative estimate of drug-likeness (QED) is 0.325. The van der Waals surface area contributed by atoms with E-state index in [4.69, 9.17) is 9.97 Å². The number of benzene rings is 1. The molecule has 4 aliphatic rings. The number of aromatic nitrogens is 2. The highest BCUT2D eigenvalue weighted by molar-refractivity contribution is 5.73. The summed E-state index contributed by atoms with van der Waals surface area (Å²) in [5.74, 6) is 0. The Labute approximate surface area is 244 Å². The van der Waals surface area contributed by atoms with Crippen LogP contribution < -0.4 is 0 Å². The fourth-order valence-corrected chi connectivity index (χ4v) is 6.95. The van der Waals surface area contributed by atoms with Gasteiger partial charge in [-0.1, -0.05) is 107 Å². The highest BCUT2D eigenvalue weighted by Gasteiger charge is 2.16. The number of nitrogens with zero attached hydrogens (tertiary/aromatic N) is 2. The normalized spacial score (nSPS) is 18.2. The van der Waals surface area contributed by atoms with Crippen LogP contribution in [0, 0.1) is 13.8 Å². The van der Waals surface area contributed by atoms with Crippen LogP contribution in [0.2, 0.25) is 0 Å². The average Bonchev–Trinajstić information content (AvgIpc) is 2.96. The van der Waals surface area contributed by atoms with E-state index in [1.807, 2.05) is 0 Å². The minimum atomic E-state index is 1.10. The molecule has 0 spiro atoms. The molecule has 2 aliphatic heterocycles. The number of hydrogen-bond donors (Lipinski definition) is 0. The van der Waals surface area contributed by atoms with E-state index in [1.165, 1.54) is 159 Å². The largest absolute Gasteiger partial charge is 0.252 e. The number of pyridine rings is 2. The summed E-state index contributed by atoms with van der Waals surface area (Å²) >= 11 is 0. The van der Waals surface area contributed by atoms with Gasteiger partial charge in [0.25, 0.3) is 0 Å². The maximum absolute atomic E-state index is 5.40. The first-order valence-electron chi connectivity index (χ1n) is 16.8. The molecule has 2 heteroatoms. The molecule has 0 fully saturated rings. The molecule has 1 aromatic carbocycles. The Morgan fingerprint density at radius 2 is 0.775 bits per heavy atom. The van der Waals surface area contributed by atoms with Crippen molar-refractivity contribution in [2.75, 3.05) is 0 Å². The topological polar surface area (TPSA) is 25.8 Å². The summed E-state index contributed by atoms with van der Waals surface area (Å²) in [4.78, 5) is 10.8. The van der Waals surface area contributed by atoms with Crippen molar-refractivity contribution in [1.29, 1.82) is 0 Å². The van der Waals surface area contributed by atoms with Crippen molar-refractivity contribution < 1.29 is 0 Å². The fraction of sp³-hybridized carbons (Fsp3) is 0.579. The van der Waals surface area contributed by atoms with Gasteiger partial charge in [-0.15, -0.1) is 0 Å². The Morgan fingerprint density at radius 3 is 1.18 bits per heavy atom. The zero-order valence-electron chi connectivity index (χ0n) is 25.5. The second kappa shape index (κ2) is 14.9. The predicted octanol–water partition coefficient (Wildman–Crippen LogP) is 10.9. The molecule has 3 aromatic rings. The Bertz CT molecular complexity index is 1150. The molecule has 0 saturated carbocycles. The first-order valence-corrected chi connectivity index (χ1v) is 16.8. The lowest BCUT2D eigenvalue weighted by Gasteiger charge is -2.17. The molecule has 0 unspecified atom stereocenters. The summed E-state index contributed by atoms with van der Waals surface area (Å²) in [6.07, 6.45) is 25.9. The van der Waals surface area contributed by atoms with E-state index in [-0.39, 0.29) is 0 Å². The van der Waals surface area contributed by atoms with Gasteiger partial charge in [-0.25, -0.2) is 0 Å². The second-order valence-corrected chi connectivity index (χ2v) is 12.8. The van der Waals surface area contributed by atoms with Crippen LogP contribution in [0.5, 0.6) is 0 Å². The average molecular weight is 537 g/mol. The number of hydrogen-bond acceptors (Lipinski definition) is 2. The summed E-state index contributed by atoms with van der Waals surface area (Å²) in [6, 6.07) is 14.2. The van der Waals surface area contributed by atoms with Crippen molar-refractivity contribution in [2.24, 2.45) is 0 Å². The highest BCUT2D eigenvalue weighted by atomic mass is 14.7. The van der Waals surface area contributed by atoms with Crippen LogP contribution in [-0.2, 0) is 25.7 Å². The predicted molar refractivity (Wildman–Crippen MR) is 171 cm³/mol. The van der Waals surface area contributed by atoms with E-state index in [2.05, 4.69) is 50.2 Å². The molecular formula is C38H52N2. The molecule has 2 aliphatic carbocycles. The Kier molecular flexibility index (Phi) is 10.8. The van der Waals surface area contributed by atoms with Crippen LogP contribution in [0.25, 0.3) is 22.5 Å². The van der Waals surface area contributed by atoms with Crippen LogP contribution in [0.15, 0.2) is 36.4 Å². The summed E-state index contributed by atoms with van der Waals surface area (Å²) < 4.78 is 0. The molecule has 0 N–H and O–H groups in total. The van der Waals surface area contributed by atoms with E-state index in [0.29, 0.717) is 0 Å². The summed E-state index contributed by atoms with van der Waals surface area (Å²) in [5.41, 5.74) is 13.2. The molecule has 0 radical (unpaired) electrons. The van der Waals surface area contributed by atoms with Gasteiger partial charge >= 0.3 is 0 Å². The van der Waals surface area contributed by atoms with Crippen LogP contribution in [0.3, 0.4) is 0 Å². The first kappa shape index (κ1) is 29.0. The maximum atomic E-state index is 5.40. The van der Waals surface area contributed by atoms with Crippen molar-refractivity contribution in [3.8, 4) is 22.5 Å². The van der Waals surface area contributed by atoms with E-state index < -0.39 is 0 Å². The van der Waals surface area contributed by atoms with E-state index in [0.717, 1.165) is 25.7 Å². The highest BCUT2D eigenvalue weighted by Crippen LogP contribution is 2.33. The summed E-state index contributed by atoms with van der Waals surface area (Å²) in [7, 11) is 0. The van der Waals surface area contributed by atoms with Crippen molar-refractivity contribution in [2.45, 2.75) is 142 Å². The van der Waals surface area contributed by atoms with Crippen molar-refractivity contribution >= 4 is 0 Å². The first-order chi connectivity index (χ1) is 19.7. The van der Waals surface area contributed by atoms with E-state index >= 15 is 0 Å². The van der Waals surface area contributed by atoms with Gasteiger partial charge in [-0.3, -0.25) is 9.97 Å². The molecule has 7 rings (SSSR count). The Morgan fingerprint density at radius 1 is 0.425 bits per heavy atom. The third-order valence-electron chi connectivity index (χ3n) is 9.42. The molecule has 0 amide bonds. The third-order valence-corrected chi connectivity index (χ3v) is 9.42. The second-order valence-electron chi connectivity index (χ2n) is 12.8. The summed E-state index contributed by atoms with van der Waals surface area (Å²) in [6.45, 7) is 4.56. The molecule has 0 atom stereocenters. The summed E-state index contributed by atoms with van der Waals surface area (Å²) in [5, 5.41) is 0. The Hall–Kier alpha value is -2.48. The van der Waals surface area contributed by atoms with Gasteiger partial charge < -0.3 is 0 Å². The Balaban J connectivity index is 1.52. The van der Waals surface area contributed by atoms with Crippen molar-refractivity contribution in [1.82, 2.24) is 9.97 Å². The van der Waals surface area contributed by atoms with Crippen molar-refractivity contribution in [3.63, 3.8) is 0 Å². The van der Waals surface area contributed by atoms with Gasteiger partial charge in [-0.05, 0) is 93.5 Å². The molecule has 214 valence electrons. The molecular weight excluding hydrogens is 484 g/mol. The molecule has 2 aromatic heterocycles. The molecule has 4 heterocycles. The van der Waals surface area contributed by atoms with Crippen LogP contribution in [-0.4, -0.2) is 9.97 Å². The van der Waals surface area contributed by atoms with Crippen LogP contribution >= 0.6 is 0 Å². The zero-order valence-corrected chi connectivity index (χ0v) is 25.5. The standard InChI is InChI=1S/C38H52N2/c1-29-26-31-20-15-11-7-3-5-9-13-17-24-35(29)39-37(31)33-22-19-23-34(28-33)38-32-21-16-12-8-4-6-10-14-18-25-36(40-38)30(2)27-32/h19,22-23,26-28H,3-18,20-21,24-25H2,1-2H3. The van der Waals surface area contributed by atoms with Gasteiger partial charge in [0.1, 0.15) is 0 Å². The van der Waals surface area contributed by atoms with Gasteiger partial charge in [0, 0.05) is 22.5 Å². The van der Waals surface area contributed by atoms with Crippen LogP contribution in [0.4, 0.5) is 0 Å². The van der Waals surface area contributed by atoms with Gasteiger partial charge in [0.05, 0.1) is 11.4 Å². The van der Waals surface area contributed by atoms with Gasteiger partial charge in [0.2, 0.25) is 0 Å².